The Morgan fingerprint density at radius 1 is 1.14 bits per heavy atom. The minimum Gasteiger partial charge on any atom is -0.465 e. The van der Waals surface area contributed by atoms with E-state index in [9.17, 15) is 0 Å². The van der Waals surface area contributed by atoms with Crippen molar-refractivity contribution in [3.8, 4) is 0 Å². The summed E-state index contributed by atoms with van der Waals surface area (Å²) in [6.45, 7) is 18.7. The molecule has 0 N–H and O–H groups in total. The molecule has 0 aliphatic carbocycles. The van der Waals surface area contributed by atoms with Crippen LogP contribution in [0.25, 0.3) is 0 Å². The molecule has 0 aromatic rings. The summed E-state index contributed by atoms with van der Waals surface area (Å²) in [5.74, 6) is 0.715. The second kappa shape index (κ2) is 11.8. The largest absolute Gasteiger partial charge is 0.465 e. The summed E-state index contributed by atoms with van der Waals surface area (Å²) in [7, 11) is 0. The molecule has 0 aliphatic rings. The van der Waals surface area contributed by atoms with E-state index in [-0.39, 0.29) is 7.43 Å². The van der Waals surface area contributed by atoms with Gasteiger partial charge in [-0.3, -0.25) is 0 Å². The van der Waals surface area contributed by atoms with Gasteiger partial charge < -0.3 is 4.74 Å². The summed E-state index contributed by atoms with van der Waals surface area (Å²) in [5.41, 5.74) is 1.80. The molecule has 0 radical (unpaired) electrons. The van der Waals surface area contributed by atoms with Crippen molar-refractivity contribution < 1.29 is 4.74 Å². The first-order valence-electron chi connectivity index (χ1n) is 4.38. The van der Waals surface area contributed by atoms with Crippen LogP contribution in [-0.4, -0.2) is 0 Å². The molecule has 0 aliphatic heterocycles. The highest BCUT2D eigenvalue weighted by Gasteiger charge is 1.95. The predicted octanol–water partition coefficient (Wildman–Crippen LogP) is 4.84. The van der Waals surface area contributed by atoms with Gasteiger partial charge in [0.05, 0.1) is 6.26 Å². The van der Waals surface area contributed by atoms with Crippen LogP contribution in [0, 0.1) is 0 Å². The van der Waals surface area contributed by atoms with Gasteiger partial charge in [0, 0.05) is 0 Å². The molecule has 0 rings (SSSR count). The maximum atomic E-state index is 5.08. The van der Waals surface area contributed by atoms with Crippen molar-refractivity contribution in [2.75, 3.05) is 0 Å². The molecule has 0 fully saturated rings. The van der Waals surface area contributed by atoms with E-state index in [4.69, 9.17) is 4.74 Å². The van der Waals surface area contributed by atoms with Gasteiger partial charge in [-0.15, -0.1) is 0 Å². The average Bonchev–Trinajstić information content (AvgIpc) is 2.06. The summed E-state index contributed by atoms with van der Waals surface area (Å²) in [4.78, 5) is 0. The van der Waals surface area contributed by atoms with Gasteiger partial charge in [0.2, 0.25) is 0 Å². The molecule has 1 heteroatoms. The van der Waals surface area contributed by atoms with Gasteiger partial charge in [0.25, 0.3) is 0 Å². The predicted molar refractivity (Wildman–Crippen MR) is 67.1 cm³/mol. The molecule has 82 valence electrons. The molecular weight excluding hydrogens is 172 g/mol. The topological polar surface area (TPSA) is 9.23 Å². The molecule has 0 saturated carbocycles. The second-order valence-corrected chi connectivity index (χ2v) is 2.42. The van der Waals surface area contributed by atoms with Crippen LogP contribution in [0.2, 0.25) is 0 Å². The molecule has 0 amide bonds. The maximum absolute atomic E-state index is 5.08. The lowest BCUT2D eigenvalue weighted by Crippen LogP contribution is -1.86. The van der Waals surface area contributed by atoms with Crippen LogP contribution in [0.4, 0.5) is 0 Å². The lowest BCUT2D eigenvalue weighted by atomic mass is 10.2. The molecule has 0 unspecified atom stereocenters. The lowest BCUT2D eigenvalue weighted by molar-refractivity contribution is 0.363. The smallest absolute Gasteiger partial charge is 0.129 e. The van der Waals surface area contributed by atoms with Crippen molar-refractivity contribution in [1.29, 1.82) is 0 Å². The van der Waals surface area contributed by atoms with Crippen LogP contribution in [0.3, 0.4) is 0 Å². The Hall–Kier alpha value is -1.24. The third kappa shape index (κ3) is 10.8. The van der Waals surface area contributed by atoms with Gasteiger partial charge in [-0.05, 0) is 25.5 Å². The molecule has 0 saturated heterocycles. The highest BCUT2D eigenvalue weighted by Crippen LogP contribution is 2.10. The van der Waals surface area contributed by atoms with Crippen molar-refractivity contribution >= 4 is 0 Å². The highest BCUT2D eigenvalue weighted by molar-refractivity contribution is 5.28. The molecule has 0 atom stereocenters. The van der Waals surface area contributed by atoms with E-state index in [2.05, 4.69) is 19.7 Å². The van der Waals surface area contributed by atoms with Gasteiger partial charge in [-0.2, -0.15) is 0 Å². The lowest BCUT2D eigenvalue weighted by Gasteiger charge is -2.04. The van der Waals surface area contributed by atoms with Crippen LogP contribution in [0.1, 0.15) is 35.1 Å². The number of hydrogen-bond acceptors (Lipinski definition) is 1. The second-order valence-electron chi connectivity index (χ2n) is 2.42. The molecule has 0 aromatic heterocycles. The molecule has 0 spiro atoms. The van der Waals surface area contributed by atoms with E-state index < -0.39 is 0 Å². The summed E-state index contributed by atoms with van der Waals surface area (Å²) < 4.78 is 5.08. The minimum atomic E-state index is 0. The third-order valence-corrected chi connectivity index (χ3v) is 1.01. The van der Waals surface area contributed by atoms with E-state index in [0.29, 0.717) is 5.76 Å². The summed E-state index contributed by atoms with van der Waals surface area (Å²) in [5, 5.41) is 0. The van der Waals surface area contributed by atoms with Crippen molar-refractivity contribution in [2.24, 2.45) is 0 Å². The number of allylic oxidation sites excluding steroid dienone is 3. The van der Waals surface area contributed by atoms with Crippen molar-refractivity contribution in [3.63, 3.8) is 0 Å². The normalized spacial score (nSPS) is 8.71. The Bertz CT molecular complexity index is 209. The van der Waals surface area contributed by atoms with E-state index in [1.165, 1.54) is 6.26 Å². The molecule has 0 aromatic carbocycles. The number of hydrogen-bond donors (Lipinski definition) is 0. The van der Waals surface area contributed by atoms with Gasteiger partial charge in [0.1, 0.15) is 5.76 Å². The SMILES string of the molecule is C.C=CO/C(=C/C(=C)C)C(=C)C.CC. The minimum absolute atomic E-state index is 0. The monoisotopic (exact) mass is 196 g/mol. The van der Waals surface area contributed by atoms with E-state index >= 15 is 0 Å². The highest BCUT2D eigenvalue weighted by atomic mass is 16.5. The van der Waals surface area contributed by atoms with Crippen molar-refractivity contribution in [2.45, 2.75) is 35.1 Å². The van der Waals surface area contributed by atoms with Crippen LogP contribution < -0.4 is 0 Å². The fourth-order valence-corrected chi connectivity index (χ4v) is 0.571. The molecular formula is C13H24O. The first kappa shape index (κ1) is 18.5. The summed E-state index contributed by atoms with van der Waals surface area (Å²) in [6, 6.07) is 0. The fraction of sp³-hybridized carbons (Fsp3) is 0.385. The number of ether oxygens (including phenoxy) is 1. The Morgan fingerprint density at radius 2 is 1.57 bits per heavy atom. The quantitative estimate of drug-likeness (QED) is 0.461. The fourth-order valence-electron chi connectivity index (χ4n) is 0.571. The molecule has 14 heavy (non-hydrogen) atoms. The standard InChI is InChI=1S/C10H14O.C2H6.CH4/c1-6-11-10(9(4)5)7-8(2)3;1-2;/h6-7H,1-2,4H2,3,5H3;1-2H3;1H4/b10-7+;;. The van der Waals surface area contributed by atoms with Crippen LogP contribution in [0.5, 0.6) is 0 Å². The zero-order chi connectivity index (χ0) is 10.9. The van der Waals surface area contributed by atoms with Gasteiger partial charge >= 0.3 is 0 Å². The molecule has 1 nitrogen and oxygen atoms in total. The van der Waals surface area contributed by atoms with Crippen molar-refractivity contribution in [3.05, 3.63) is 49.0 Å². The van der Waals surface area contributed by atoms with Gasteiger partial charge in [-0.1, -0.05) is 46.6 Å². The Balaban J connectivity index is -0.000000376. The van der Waals surface area contributed by atoms with E-state index in [1.807, 2.05) is 33.8 Å². The average molecular weight is 196 g/mol. The van der Waals surface area contributed by atoms with Gasteiger partial charge in [0.15, 0.2) is 0 Å². The maximum Gasteiger partial charge on any atom is 0.129 e. The zero-order valence-electron chi connectivity index (χ0n) is 9.18. The Kier molecular flexibility index (Phi) is 15.6. The first-order chi connectivity index (χ1) is 6.07. The number of rotatable bonds is 4. The van der Waals surface area contributed by atoms with Crippen LogP contribution >= 0.6 is 0 Å². The summed E-state index contributed by atoms with van der Waals surface area (Å²) in [6.07, 6.45) is 3.20. The van der Waals surface area contributed by atoms with Crippen LogP contribution in [0.15, 0.2) is 49.0 Å². The van der Waals surface area contributed by atoms with E-state index in [0.717, 1.165) is 11.1 Å². The van der Waals surface area contributed by atoms with Crippen molar-refractivity contribution in [1.82, 2.24) is 0 Å². The Labute approximate surface area is 89.5 Å². The summed E-state index contributed by atoms with van der Waals surface area (Å²) >= 11 is 0. The van der Waals surface area contributed by atoms with E-state index in [1.54, 1.807) is 0 Å². The van der Waals surface area contributed by atoms with Gasteiger partial charge in [-0.25, -0.2) is 0 Å². The molecule has 0 heterocycles. The first-order valence-corrected chi connectivity index (χ1v) is 4.38. The molecule has 0 bridgehead atoms. The third-order valence-electron chi connectivity index (χ3n) is 1.01. The Morgan fingerprint density at radius 3 is 1.79 bits per heavy atom. The van der Waals surface area contributed by atoms with Crippen LogP contribution in [-0.2, 0) is 4.74 Å². The zero-order valence-corrected chi connectivity index (χ0v) is 9.18.